The maximum Gasteiger partial charge on any atom is 0.257 e. The van der Waals surface area contributed by atoms with Crippen molar-refractivity contribution in [3.05, 3.63) is 59.0 Å². The standard InChI is InChI=1S/C21H24ClN3O3/c1-14-11-24(12-15(2)28-14)13-21(26)25-19(20-4-3-9-27-20)10-18(23-25)16-5-7-17(22)8-6-16/h3-9,14-15,19H,10-13H2,1-2H3/t14-,15+,19-/m0/s1. The molecule has 0 bridgehead atoms. The zero-order valence-corrected chi connectivity index (χ0v) is 16.8. The number of rotatable bonds is 4. The number of halogens is 1. The Kier molecular flexibility index (Phi) is 5.53. The van der Waals surface area contributed by atoms with Gasteiger partial charge in [0.25, 0.3) is 5.91 Å². The fraction of sp³-hybridized carbons (Fsp3) is 0.429. The molecule has 1 aromatic heterocycles. The van der Waals surface area contributed by atoms with Crippen molar-refractivity contribution >= 4 is 23.2 Å². The van der Waals surface area contributed by atoms with E-state index in [9.17, 15) is 4.79 Å². The highest BCUT2D eigenvalue weighted by Gasteiger charge is 2.36. The van der Waals surface area contributed by atoms with Gasteiger partial charge in [0.2, 0.25) is 0 Å². The highest BCUT2D eigenvalue weighted by molar-refractivity contribution is 6.30. The molecule has 3 heterocycles. The third-order valence-electron chi connectivity index (χ3n) is 5.07. The lowest BCUT2D eigenvalue weighted by Crippen LogP contribution is -2.49. The van der Waals surface area contributed by atoms with Crippen molar-refractivity contribution in [1.29, 1.82) is 0 Å². The SMILES string of the molecule is C[C@@H]1CN(CC(=O)N2N=C(c3ccc(Cl)cc3)C[C@H]2c2ccco2)C[C@H](C)O1. The van der Waals surface area contributed by atoms with E-state index in [1.165, 1.54) is 0 Å². The van der Waals surface area contributed by atoms with Gasteiger partial charge < -0.3 is 9.15 Å². The summed E-state index contributed by atoms with van der Waals surface area (Å²) in [5.41, 5.74) is 1.82. The van der Waals surface area contributed by atoms with Crippen LogP contribution in [0.1, 0.15) is 37.6 Å². The van der Waals surface area contributed by atoms with Crippen molar-refractivity contribution in [2.75, 3.05) is 19.6 Å². The van der Waals surface area contributed by atoms with E-state index in [2.05, 4.69) is 10.0 Å². The lowest BCUT2D eigenvalue weighted by Gasteiger charge is -2.35. The molecule has 0 spiro atoms. The van der Waals surface area contributed by atoms with Crippen LogP contribution in [-0.4, -0.2) is 53.4 Å². The van der Waals surface area contributed by atoms with E-state index in [-0.39, 0.29) is 24.2 Å². The summed E-state index contributed by atoms with van der Waals surface area (Å²) in [6, 6.07) is 11.0. The summed E-state index contributed by atoms with van der Waals surface area (Å²) in [7, 11) is 0. The first-order valence-electron chi connectivity index (χ1n) is 9.56. The Hall–Kier alpha value is -2.15. The Bertz CT molecular complexity index is 840. The van der Waals surface area contributed by atoms with Crippen LogP contribution in [0, 0.1) is 0 Å². The van der Waals surface area contributed by atoms with Crippen LogP contribution in [0.3, 0.4) is 0 Å². The molecule has 148 valence electrons. The first-order valence-corrected chi connectivity index (χ1v) is 9.94. The predicted molar refractivity (Wildman–Crippen MR) is 107 cm³/mol. The van der Waals surface area contributed by atoms with Crippen LogP contribution in [0.4, 0.5) is 0 Å². The van der Waals surface area contributed by atoms with E-state index >= 15 is 0 Å². The molecule has 1 saturated heterocycles. The molecule has 0 radical (unpaired) electrons. The Morgan fingerprint density at radius 1 is 1.18 bits per heavy atom. The molecule has 0 saturated carbocycles. The topological polar surface area (TPSA) is 58.3 Å². The van der Waals surface area contributed by atoms with Gasteiger partial charge in [0.05, 0.1) is 30.7 Å². The van der Waals surface area contributed by atoms with Gasteiger partial charge in [-0.2, -0.15) is 5.10 Å². The van der Waals surface area contributed by atoms with Gasteiger partial charge in [-0.1, -0.05) is 23.7 Å². The predicted octanol–water partition coefficient (Wildman–Crippen LogP) is 3.72. The molecule has 0 N–H and O–H groups in total. The molecule has 6 nitrogen and oxygen atoms in total. The highest BCUT2D eigenvalue weighted by atomic mass is 35.5. The zero-order valence-electron chi connectivity index (χ0n) is 16.0. The van der Waals surface area contributed by atoms with Gasteiger partial charge in [-0.05, 0) is 43.7 Å². The minimum absolute atomic E-state index is 0.0355. The lowest BCUT2D eigenvalue weighted by atomic mass is 10.0. The monoisotopic (exact) mass is 401 g/mol. The third-order valence-corrected chi connectivity index (χ3v) is 5.32. The molecule has 1 amide bonds. The normalized spacial score (nSPS) is 25.8. The minimum Gasteiger partial charge on any atom is -0.467 e. The zero-order chi connectivity index (χ0) is 19.7. The number of ether oxygens (including phenoxy) is 1. The average molecular weight is 402 g/mol. The van der Waals surface area contributed by atoms with Crippen LogP contribution in [0.25, 0.3) is 0 Å². The number of hydrazone groups is 1. The van der Waals surface area contributed by atoms with Crippen LogP contribution >= 0.6 is 11.6 Å². The molecule has 0 aliphatic carbocycles. The van der Waals surface area contributed by atoms with E-state index in [4.69, 9.17) is 20.8 Å². The Morgan fingerprint density at radius 2 is 1.89 bits per heavy atom. The fourth-order valence-corrected chi connectivity index (χ4v) is 4.06. The number of amides is 1. The second-order valence-corrected chi connectivity index (χ2v) is 7.92. The smallest absolute Gasteiger partial charge is 0.257 e. The molecule has 3 atom stereocenters. The summed E-state index contributed by atoms with van der Waals surface area (Å²) in [5.74, 6) is 0.705. The number of furan rings is 1. The van der Waals surface area contributed by atoms with Gasteiger partial charge in [-0.25, -0.2) is 5.01 Å². The number of carbonyl (C=O) groups excluding carboxylic acids is 1. The van der Waals surface area contributed by atoms with Crippen LogP contribution in [0.5, 0.6) is 0 Å². The van der Waals surface area contributed by atoms with E-state index in [0.29, 0.717) is 18.0 Å². The minimum atomic E-state index is -0.232. The summed E-state index contributed by atoms with van der Waals surface area (Å²) in [6.45, 7) is 5.86. The maximum atomic E-state index is 13.1. The van der Waals surface area contributed by atoms with Gasteiger partial charge in [0, 0.05) is 24.5 Å². The summed E-state index contributed by atoms with van der Waals surface area (Å²) >= 11 is 6.00. The van der Waals surface area contributed by atoms with Gasteiger partial charge >= 0.3 is 0 Å². The molecule has 1 aromatic carbocycles. The molecular weight excluding hydrogens is 378 g/mol. The van der Waals surface area contributed by atoms with Gasteiger partial charge in [0.1, 0.15) is 11.8 Å². The first kappa shape index (κ1) is 19.2. The molecule has 1 fully saturated rings. The molecule has 28 heavy (non-hydrogen) atoms. The third kappa shape index (κ3) is 4.14. The van der Waals surface area contributed by atoms with Crippen LogP contribution < -0.4 is 0 Å². The quantitative estimate of drug-likeness (QED) is 0.783. The summed E-state index contributed by atoms with van der Waals surface area (Å²) < 4.78 is 11.4. The molecule has 2 aromatic rings. The van der Waals surface area contributed by atoms with E-state index in [1.807, 2.05) is 50.2 Å². The number of carbonyl (C=O) groups is 1. The Labute approximate surface area is 169 Å². The molecule has 2 aliphatic heterocycles. The highest BCUT2D eigenvalue weighted by Crippen LogP contribution is 2.33. The number of benzene rings is 1. The van der Waals surface area contributed by atoms with Gasteiger partial charge in [0.15, 0.2) is 0 Å². The van der Waals surface area contributed by atoms with Crippen LogP contribution in [0.15, 0.2) is 52.2 Å². The first-order chi connectivity index (χ1) is 13.5. The van der Waals surface area contributed by atoms with Crippen molar-refractivity contribution in [2.45, 2.75) is 38.5 Å². The van der Waals surface area contributed by atoms with Crippen LogP contribution in [0.2, 0.25) is 5.02 Å². The van der Waals surface area contributed by atoms with Crippen molar-refractivity contribution in [3.8, 4) is 0 Å². The Morgan fingerprint density at radius 3 is 2.54 bits per heavy atom. The lowest BCUT2D eigenvalue weighted by molar-refractivity contribution is -0.138. The van der Waals surface area contributed by atoms with E-state index in [1.54, 1.807) is 11.3 Å². The summed E-state index contributed by atoms with van der Waals surface area (Å²) in [5, 5.41) is 6.92. The van der Waals surface area contributed by atoms with Gasteiger partial charge in [-0.3, -0.25) is 9.69 Å². The summed E-state index contributed by atoms with van der Waals surface area (Å²) in [6.07, 6.45) is 2.47. The Balaban J connectivity index is 1.55. The van der Waals surface area contributed by atoms with E-state index < -0.39 is 0 Å². The summed E-state index contributed by atoms with van der Waals surface area (Å²) in [4.78, 5) is 15.3. The van der Waals surface area contributed by atoms with Gasteiger partial charge in [-0.15, -0.1) is 0 Å². The number of morpholine rings is 1. The fourth-order valence-electron chi connectivity index (χ4n) is 3.94. The maximum absolute atomic E-state index is 13.1. The molecule has 4 rings (SSSR count). The molecule has 7 heteroatoms. The van der Waals surface area contributed by atoms with Crippen molar-refractivity contribution in [3.63, 3.8) is 0 Å². The number of hydrogen-bond donors (Lipinski definition) is 0. The van der Waals surface area contributed by atoms with Crippen molar-refractivity contribution in [1.82, 2.24) is 9.91 Å². The molecule has 2 aliphatic rings. The second-order valence-electron chi connectivity index (χ2n) is 7.48. The van der Waals surface area contributed by atoms with E-state index in [0.717, 1.165) is 30.1 Å². The number of nitrogens with zero attached hydrogens (tertiary/aromatic N) is 3. The van der Waals surface area contributed by atoms with Crippen molar-refractivity contribution < 1.29 is 13.9 Å². The van der Waals surface area contributed by atoms with Crippen molar-refractivity contribution in [2.24, 2.45) is 5.10 Å². The second kappa shape index (κ2) is 8.07. The molecule has 0 unspecified atom stereocenters. The molecular formula is C21H24ClN3O3. The largest absolute Gasteiger partial charge is 0.467 e. The van der Waals surface area contributed by atoms with Crippen LogP contribution in [-0.2, 0) is 9.53 Å². The number of hydrogen-bond acceptors (Lipinski definition) is 5. The average Bonchev–Trinajstić information content (AvgIpc) is 3.31.